The smallest absolute Gasteiger partial charge is 0.306 e. The van der Waals surface area contributed by atoms with Crippen molar-refractivity contribution in [2.75, 3.05) is 20.6 Å². The minimum absolute atomic E-state index is 0.0121. The second kappa shape index (κ2) is 33.0. The SMILES string of the molecule is CN(C)CCCC(=O)OC1CCCCCCCCC=CCC=CCCCCCCCCCCCC=CCCCCCCCC1. The molecule has 1 aliphatic rings. The predicted molar refractivity (Wildman–Crippen MR) is 194 cm³/mol. The average molecular weight is 614 g/mol. The molecule has 0 radical (unpaired) electrons. The standard InChI is InChI=1S/C41H75NO2/c1-42(2)39-35-38-41(43)44-40-36-33-31-29-27-25-23-21-19-17-15-13-11-9-7-5-3-4-6-8-10-12-14-16-18-20-22-24-26-28-30-32-34-37-40/h11,13,17-20,40H,3-10,12,14-16,21-39H2,1-2H3. The number of allylic oxidation sites excluding steroid dienone is 6. The second-order valence-corrected chi connectivity index (χ2v) is 13.8. The molecule has 3 heteroatoms. The molecule has 1 rings (SSSR count). The third-order valence-electron chi connectivity index (χ3n) is 9.09. The first-order chi connectivity index (χ1) is 21.7. The molecule has 3 nitrogen and oxygen atoms in total. The predicted octanol–water partition coefficient (Wildman–Crippen LogP) is 12.8. The highest BCUT2D eigenvalue weighted by Gasteiger charge is 2.14. The van der Waals surface area contributed by atoms with Crippen LogP contribution in [-0.4, -0.2) is 37.6 Å². The molecule has 0 aromatic heterocycles. The summed E-state index contributed by atoms with van der Waals surface area (Å²) in [6, 6.07) is 0. The molecule has 0 saturated carbocycles. The fourth-order valence-electron chi connectivity index (χ4n) is 6.23. The second-order valence-electron chi connectivity index (χ2n) is 13.8. The van der Waals surface area contributed by atoms with E-state index >= 15 is 0 Å². The zero-order valence-corrected chi connectivity index (χ0v) is 29.7. The number of rotatable bonds is 5. The van der Waals surface area contributed by atoms with Gasteiger partial charge in [-0.1, -0.05) is 133 Å². The molecule has 0 aliphatic heterocycles. The van der Waals surface area contributed by atoms with Crippen LogP contribution in [0.2, 0.25) is 0 Å². The van der Waals surface area contributed by atoms with Crippen LogP contribution >= 0.6 is 0 Å². The van der Waals surface area contributed by atoms with Crippen molar-refractivity contribution in [1.82, 2.24) is 4.90 Å². The molecule has 1 unspecified atom stereocenters. The van der Waals surface area contributed by atoms with Crippen LogP contribution in [0, 0.1) is 0 Å². The van der Waals surface area contributed by atoms with Crippen molar-refractivity contribution < 1.29 is 9.53 Å². The lowest BCUT2D eigenvalue weighted by Gasteiger charge is -2.18. The van der Waals surface area contributed by atoms with Crippen molar-refractivity contribution in [3.63, 3.8) is 0 Å². The third-order valence-corrected chi connectivity index (χ3v) is 9.09. The Labute approximate surface area is 275 Å². The summed E-state index contributed by atoms with van der Waals surface area (Å²) < 4.78 is 6.00. The average Bonchev–Trinajstić information content (AvgIpc) is 3.00. The van der Waals surface area contributed by atoms with Gasteiger partial charge in [-0.2, -0.15) is 0 Å². The number of ether oxygens (including phenoxy) is 1. The quantitative estimate of drug-likeness (QED) is 0.228. The fraction of sp³-hybridized carbons (Fsp3) is 0.829. The minimum Gasteiger partial charge on any atom is -0.462 e. The van der Waals surface area contributed by atoms with Crippen LogP contribution in [0.4, 0.5) is 0 Å². The van der Waals surface area contributed by atoms with Crippen LogP contribution < -0.4 is 0 Å². The molecule has 1 atom stereocenters. The van der Waals surface area contributed by atoms with Crippen molar-refractivity contribution in [2.24, 2.45) is 0 Å². The van der Waals surface area contributed by atoms with Crippen LogP contribution in [-0.2, 0) is 9.53 Å². The minimum atomic E-state index is 0.0121. The van der Waals surface area contributed by atoms with Gasteiger partial charge in [0.05, 0.1) is 0 Å². The Hall–Kier alpha value is -1.35. The van der Waals surface area contributed by atoms with Gasteiger partial charge < -0.3 is 9.64 Å². The van der Waals surface area contributed by atoms with E-state index in [2.05, 4.69) is 55.5 Å². The van der Waals surface area contributed by atoms with Gasteiger partial charge in [0.2, 0.25) is 0 Å². The Morgan fingerprint density at radius 3 is 1.25 bits per heavy atom. The zero-order chi connectivity index (χ0) is 31.6. The number of carbonyl (C=O) groups is 1. The van der Waals surface area contributed by atoms with Crippen LogP contribution in [0.15, 0.2) is 36.5 Å². The summed E-state index contributed by atoms with van der Waals surface area (Å²) in [6.45, 7) is 0.947. The topological polar surface area (TPSA) is 29.5 Å². The van der Waals surface area contributed by atoms with Gasteiger partial charge in [-0.25, -0.2) is 0 Å². The van der Waals surface area contributed by atoms with Crippen LogP contribution in [0.5, 0.6) is 0 Å². The molecule has 0 saturated heterocycles. The maximum atomic E-state index is 12.5. The van der Waals surface area contributed by atoms with E-state index in [-0.39, 0.29) is 12.1 Å². The molecule has 0 aromatic carbocycles. The summed E-state index contributed by atoms with van der Waals surface area (Å²) in [7, 11) is 4.13. The summed E-state index contributed by atoms with van der Waals surface area (Å²) in [5.74, 6) is 0.0121. The molecular formula is C41H75NO2. The van der Waals surface area contributed by atoms with Crippen LogP contribution in [0.25, 0.3) is 0 Å². The van der Waals surface area contributed by atoms with Gasteiger partial charge in [-0.3, -0.25) is 4.79 Å². The highest BCUT2D eigenvalue weighted by Crippen LogP contribution is 2.18. The highest BCUT2D eigenvalue weighted by molar-refractivity contribution is 5.69. The van der Waals surface area contributed by atoms with Crippen molar-refractivity contribution in [1.29, 1.82) is 0 Å². The van der Waals surface area contributed by atoms with E-state index in [1.165, 1.54) is 161 Å². The first-order valence-electron chi connectivity index (χ1n) is 19.5. The van der Waals surface area contributed by atoms with Crippen LogP contribution in [0.3, 0.4) is 0 Å². The van der Waals surface area contributed by atoms with Gasteiger partial charge in [0.15, 0.2) is 0 Å². The van der Waals surface area contributed by atoms with Crippen molar-refractivity contribution in [3.05, 3.63) is 36.5 Å². The maximum absolute atomic E-state index is 12.5. The first-order valence-corrected chi connectivity index (χ1v) is 19.5. The molecule has 0 heterocycles. The Balaban J connectivity index is 2.37. The van der Waals surface area contributed by atoms with Crippen molar-refractivity contribution in [3.8, 4) is 0 Å². The number of esters is 1. The van der Waals surface area contributed by atoms with Gasteiger partial charge in [-0.05, 0) is 111 Å². The zero-order valence-electron chi connectivity index (χ0n) is 29.7. The van der Waals surface area contributed by atoms with E-state index < -0.39 is 0 Å². The molecule has 0 aromatic rings. The molecule has 0 amide bonds. The first kappa shape index (κ1) is 40.7. The van der Waals surface area contributed by atoms with Crippen LogP contribution in [0.1, 0.15) is 193 Å². The van der Waals surface area contributed by atoms with Gasteiger partial charge in [0.1, 0.15) is 6.10 Å². The molecular weight excluding hydrogens is 538 g/mol. The van der Waals surface area contributed by atoms with E-state index in [1.807, 2.05) is 0 Å². The molecule has 44 heavy (non-hydrogen) atoms. The number of hydrogen-bond donors (Lipinski definition) is 0. The molecule has 256 valence electrons. The summed E-state index contributed by atoms with van der Waals surface area (Å²) in [5.41, 5.74) is 0. The summed E-state index contributed by atoms with van der Waals surface area (Å²) >= 11 is 0. The van der Waals surface area contributed by atoms with Crippen molar-refractivity contribution >= 4 is 5.97 Å². The summed E-state index contributed by atoms with van der Waals surface area (Å²) in [4.78, 5) is 14.6. The Morgan fingerprint density at radius 1 is 0.523 bits per heavy atom. The van der Waals surface area contributed by atoms with Gasteiger partial charge in [0, 0.05) is 6.42 Å². The number of carbonyl (C=O) groups excluding carboxylic acids is 1. The van der Waals surface area contributed by atoms with E-state index in [0.29, 0.717) is 6.42 Å². The van der Waals surface area contributed by atoms with Gasteiger partial charge in [-0.15, -0.1) is 0 Å². The maximum Gasteiger partial charge on any atom is 0.306 e. The largest absolute Gasteiger partial charge is 0.462 e. The highest BCUT2D eigenvalue weighted by atomic mass is 16.5. The van der Waals surface area contributed by atoms with E-state index in [4.69, 9.17) is 4.74 Å². The third kappa shape index (κ3) is 30.7. The van der Waals surface area contributed by atoms with E-state index in [0.717, 1.165) is 32.2 Å². The number of hydrogen-bond acceptors (Lipinski definition) is 3. The van der Waals surface area contributed by atoms with Gasteiger partial charge in [0.25, 0.3) is 0 Å². The monoisotopic (exact) mass is 614 g/mol. The molecule has 0 fully saturated rings. The molecule has 0 N–H and O–H groups in total. The normalized spacial score (nSPS) is 22.1. The lowest BCUT2D eigenvalue weighted by molar-refractivity contribution is -0.150. The van der Waals surface area contributed by atoms with E-state index in [9.17, 15) is 4.79 Å². The van der Waals surface area contributed by atoms with Gasteiger partial charge >= 0.3 is 5.97 Å². The molecule has 0 bridgehead atoms. The molecule has 0 spiro atoms. The fourth-order valence-corrected chi connectivity index (χ4v) is 6.23. The Morgan fingerprint density at radius 2 is 0.864 bits per heavy atom. The van der Waals surface area contributed by atoms with E-state index in [1.54, 1.807) is 0 Å². The van der Waals surface area contributed by atoms with Crippen molar-refractivity contribution in [2.45, 2.75) is 199 Å². The number of nitrogens with zero attached hydrogens (tertiary/aromatic N) is 1. The lowest BCUT2D eigenvalue weighted by Crippen LogP contribution is -2.20. The Bertz CT molecular complexity index is 695. The Kier molecular flexibility index (Phi) is 30.5. The molecule has 1 aliphatic carbocycles. The summed E-state index contributed by atoms with van der Waals surface area (Å²) in [5, 5.41) is 0. The summed E-state index contributed by atoms with van der Waals surface area (Å²) in [6.07, 6.45) is 52.3. The lowest BCUT2D eigenvalue weighted by atomic mass is 10.0.